The summed E-state index contributed by atoms with van der Waals surface area (Å²) in [5.74, 6) is -0.328. The van der Waals surface area contributed by atoms with Gasteiger partial charge < -0.3 is 33.2 Å². The van der Waals surface area contributed by atoms with E-state index >= 15 is 0 Å². The van der Waals surface area contributed by atoms with E-state index in [0.717, 1.165) is 44.4 Å². The van der Waals surface area contributed by atoms with Crippen molar-refractivity contribution in [2.24, 2.45) is 17.8 Å². The molecule has 2 bridgehead atoms. The summed E-state index contributed by atoms with van der Waals surface area (Å²) in [7, 11) is 1.33. The van der Waals surface area contributed by atoms with Crippen LogP contribution in [0.5, 0.6) is 0 Å². The normalized spacial score (nSPS) is 22.1. The van der Waals surface area contributed by atoms with E-state index in [0.29, 0.717) is 41.8 Å². The van der Waals surface area contributed by atoms with Gasteiger partial charge >= 0.3 is 35.8 Å². The molecule has 61 heavy (non-hydrogen) atoms. The van der Waals surface area contributed by atoms with E-state index in [2.05, 4.69) is 42.7 Å². The minimum Gasteiger partial charge on any atom is -0.466 e. The van der Waals surface area contributed by atoms with Crippen LogP contribution in [0.2, 0.25) is 0 Å². The highest BCUT2D eigenvalue weighted by molar-refractivity contribution is 5.90. The Bertz CT molecular complexity index is 1510. The van der Waals surface area contributed by atoms with Gasteiger partial charge in [0.1, 0.15) is 11.2 Å². The van der Waals surface area contributed by atoms with Gasteiger partial charge in [0.25, 0.3) is 0 Å². The van der Waals surface area contributed by atoms with E-state index in [9.17, 15) is 28.8 Å². The summed E-state index contributed by atoms with van der Waals surface area (Å²) < 4.78 is 35.1. The monoisotopic (exact) mass is 861 g/mol. The molecule has 1 aliphatic heterocycles. The molecule has 346 valence electrons. The number of hydrogen-bond acceptors (Lipinski definition) is 13. The van der Waals surface area contributed by atoms with Crippen molar-refractivity contribution in [1.29, 1.82) is 0 Å². The van der Waals surface area contributed by atoms with Crippen molar-refractivity contribution in [2.75, 3.05) is 20.5 Å². The Hall–Kier alpha value is -4.26. The first-order valence-corrected chi connectivity index (χ1v) is 21.9. The molecule has 5 aliphatic rings. The summed E-state index contributed by atoms with van der Waals surface area (Å²) in [6, 6.07) is 0. The Kier molecular flexibility index (Phi) is 24.8. The van der Waals surface area contributed by atoms with Crippen molar-refractivity contribution in [1.82, 2.24) is 0 Å². The lowest BCUT2D eigenvalue weighted by molar-refractivity contribution is -0.169. The fraction of sp³-hybridized carbons (Fsp3) is 0.708. The molecule has 4 aliphatic carbocycles. The van der Waals surface area contributed by atoms with Crippen LogP contribution in [0.15, 0.2) is 48.6 Å². The predicted octanol–water partition coefficient (Wildman–Crippen LogP) is 9.55. The number of esters is 6. The highest BCUT2D eigenvalue weighted by Gasteiger charge is 2.44. The van der Waals surface area contributed by atoms with Crippen molar-refractivity contribution in [3.8, 4) is 0 Å². The molecule has 0 N–H and O–H groups in total. The molecule has 1 heterocycles. The van der Waals surface area contributed by atoms with Crippen LogP contribution in [0.4, 0.5) is 0 Å². The van der Waals surface area contributed by atoms with E-state index in [1.54, 1.807) is 20.8 Å². The van der Waals surface area contributed by atoms with Crippen LogP contribution in [0, 0.1) is 17.8 Å². The summed E-state index contributed by atoms with van der Waals surface area (Å²) in [6.45, 7) is 28.4. The minimum absolute atomic E-state index is 0.00184. The number of hydrogen-bond donors (Lipinski definition) is 0. The van der Waals surface area contributed by atoms with E-state index in [1.807, 2.05) is 20.8 Å². The van der Waals surface area contributed by atoms with Gasteiger partial charge in [0.15, 0.2) is 6.79 Å². The third-order valence-corrected chi connectivity index (χ3v) is 10.9. The molecule has 0 aromatic carbocycles. The highest BCUT2D eigenvalue weighted by atomic mass is 16.7. The number of rotatable bonds is 11. The summed E-state index contributed by atoms with van der Waals surface area (Å²) in [4.78, 5) is 66.2. The average Bonchev–Trinajstić information content (AvgIpc) is 3.97. The summed E-state index contributed by atoms with van der Waals surface area (Å²) in [5, 5.41) is 0. The first-order valence-electron chi connectivity index (χ1n) is 21.9. The van der Waals surface area contributed by atoms with Gasteiger partial charge in [0, 0.05) is 28.7 Å². The zero-order valence-electron chi connectivity index (χ0n) is 38.8. The lowest BCUT2D eigenvalue weighted by Crippen LogP contribution is -2.36. The average molecular weight is 861 g/mol. The second kappa shape index (κ2) is 27.6. The molecule has 0 radical (unpaired) electrons. The summed E-state index contributed by atoms with van der Waals surface area (Å²) >= 11 is 0. The second-order valence-electron chi connectivity index (χ2n) is 17.7. The van der Waals surface area contributed by atoms with Crippen molar-refractivity contribution in [2.45, 2.75) is 182 Å². The van der Waals surface area contributed by atoms with Gasteiger partial charge in [-0.25, -0.2) is 24.0 Å². The molecule has 1 saturated heterocycles. The fourth-order valence-corrected chi connectivity index (χ4v) is 7.42. The molecule has 4 unspecified atom stereocenters. The molecule has 0 amide bonds. The highest BCUT2D eigenvalue weighted by Crippen LogP contribution is 2.48. The number of cyclic esters (lactones) is 1. The Balaban J connectivity index is 0.000000395. The third kappa shape index (κ3) is 21.9. The van der Waals surface area contributed by atoms with Crippen LogP contribution in [0.25, 0.3) is 0 Å². The van der Waals surface area contributed by atoms with Crippen molar-refractivity contribution < 1.29 is 61.9 Å². The minimum atomic E-state index is -0.728. The molecule has 0 aromatic rings. The zero-order chi connectivity index (χ0) is 46.3. The summed E-state index contributed by atoms with van der Waals surface area (Å²) in [6.07, 6.45) is 17.6. The van der Waals surface area contributed by atoms with E-state index in [1.165, 1.54) is 71.8 Å². The smallest absolute Gasteiger partial charge is 0.347 e. The maximum Gasteiger partial charge on any atom is 0.347 e. The molecule has 0 aromatic heterocycles. The largest absolute Gasteiger partial charge is 0.466 e. The maximum atomic E-state index is 12.0. The zero-order valence-corrected chi connectivity index (χ0v) is 38.8. The molecule has 0 spiro atoms. The van der Waals surface area contributed by atoms with E-state index in [4.69, 9.17) is 23.7 Å². The molecule has 13 nitrogen and oxygen atoms in total. The number of ether oxygens (including phenoxy) is 7. The van der Waals surface area contributed by atoms with Gasteiger partial charge in [-0.1, -0.05) is 65.3 Å². The number of carbonyl (C=O) groups excluding carboxylic acids is 6. The van der Waals surface area contributed by atoms with Crippen LogP contribution in [-0.2, 0) is 61.9 Å². The second-order valence-corrected chi connectivity index (χ2v) is 17.7. The van der Waals surface area contributed by atoms with E-state index < -0.39 is 23.6 Å². The van der Waals surface area contributed by atoms with Crippen molar-refractivity contribution in [3.05, 3.63) is 48.6 Å². The van der Waals surface area contributed by atoms with Crippen molar-refractivity contribution >= 4 is 35.8 Å². The quantitative estimate of drug-likeness (QED) is 0.0835. The molecule has 5 rings (SSSR count). The molecular formula is C48H76O13. The lowest BCUT2D eigenvalue weighted by Gasteiger charge is -2.36. The molecule has 4 atom stereocenters. The first kappa shape index (κ1) is 54.8. The lowest BCUT2D eigenvalue weighted by atomic mass is 9.82. The number of fused-ring (bicyclic) bond motifs is 2. The van der Waals surface area contributed by atoms with Crippen molar-refractivity contribution in [3.63, 3.8) is 0 Å². The Morgan fingerprint density at radius 2 is 1.28 bits per heavy atom. The van der Waals surface area contributed by atoms with Crippen LogP contribution in [0.1, 0.15) is 158 Å². The maximum absolute atomic E-state index is 12.0. The van der Waals surface area contributed by atoms with Gasteiger partial charge in [-0.3, -0.25) is 4.79 Å². The molecular weight excluding hydrogens is 785 g/mol. The van der Waals surface area contributed by atoms with Gasteiger partial charge in [-0.05, 0) is 125 Å². The number of carbonyl (C=O) groups is 6. The van der Waals surface area contributed by atoms with Crippen LogP contribution < -0.4 is 0 Å². The van der Waals surface area contributed by atoms with Crippen LogP contribution >= 0.6 is 0 Å². The fourth-order valence-electron chi connectivity index (χ4n) is 7.42. The predicted molar refractivity (Wildman–Crippen MR) is 233 cm³/mol. The molecule has 5 fully saturated rings. The Morgan fingerprint density at radius 3 is 1.67 bits per heavy atom. The van der Waals surface area contributed by atoms with Gasteiger partial charge in [-0.15, -0.1) is 0 Å². The number of methoxy groups -OCH3 is 1. The van der Waals surface area contributed by atoms with Gasteiger partial charge in [-0.2, -0.15) is 0 Å². The molecule has 4 saturated carbocycles. The summed E-state index contributed by atoms with van der Waals surface area (Å²) in [5.41, 5.74) is 1.07. The van der Waals surface area contributed by atoms with E-state index in [-0.39, 0.29) is 47.8 Å². The first-order chi connectivity index (χ1) is 28.5. The van der Waals surface area contributed by atoms with Gasteiger partial charge in [0.2, 0.25) is 6.10 Å². The Morgan fingerprint density at radius 1 is 0.721 bits per heavy atom. The Labute approximate surface area is 365 Å². The standard InChI is InChI=1S/C15H24O3.C12H20O2.C8H10O4.C8H14O2.C5H8O2/c16-15(14-9-11-6-7-12(14)8-11)18-10-17-13-4-2-1-3-5-13;1-4-12(8-6-5-7-9-12)14-11(13)10(2)3;1-5(2)7(9)12-6-3-4-11-8(6)10;1-6(2)7(9)10-8(3,4)5;1-4(2)5(6)7-3/h11-14H,1-10H2;2,4-9H2,1,3H3;6H,1,3-4H2,2H3;1H2,2-5H3;1H2,2-3H3. The molecule has 13 heteroatoms. The third-order valence-electron chi connectivity index (χ3n) is 10.9. The topological polar surface area (TPSA) is 167 Å². The van der Waals surface area contributed by atoms with Crippen LogP contribution in [-0.4, -0.2) is 79.7 Å². The van der Waals surface area contributed by atoms with Gasteiger partial charge in [0.05, 0.1) is 25.7 Å². The SMILES string of the molecule is C=C(C)C(=O)OC.C=C(C)C(=O)OC(C)(C)C.C=C(C)C(=O)OC1(CC)CCCCC1.C=C(C)C(=O)OC1CCOC1=O.O=C(OCOC1CCCCC1)C1CC2CCC1C2. The van der Waals surface area contributed by atoms with Crippen LogP contribution in [0.3, 0.4) is 0 Å².